The zero-order chi connectivity index (χ0) is 13.8. The van der Waals surface area contributed by atoms with Crippen molar-refractivity contribution in [2.75, 3.05) is 12.3 Å². The number of benzene rings is 1. The molecule has 1 heterocycles. The highest BCUT2D eigenvalue weighted by atomic mass is 35.5. The highest BCUT2D eigenvalue weighted by Gasteiger charge is 2.13. The Bertz CT molecular complexity index is 571. The van der Waals surface area contributed by atoms with E-state index in [4.69, 9.17) is 17.3 Å². The number of nitrogens with one attached hydrogen (secondary N) is 1. The van der Waals surface area contributed by atoms with Crippen LogP contribution in [0, 0.1) is 0 Å². The first-order valence-electron chi connectivity index (χ1n) is 5.80. The van der Waals surface area contributed by atoms with Crippen LogP contribution in [0.4, 0.5) is 5.69 Å². The molecule has 0 bridgehead atoms. The molecule has 0 saturated heterocycles. The van der Waals surface area contributed by atoms with E-state index in [1.807, 2.05) is 12.3 Å². The second-order valence-electron chi connectivity index (χ2n) is 4.21. The van der Waals surface area contributed by atoms with Gasteiger partial charge in [0.25, 0.3) is 5.91 Å². The smallest absolute Gasteiger partial charge is 0.253 e. The van der Waals surface area contributed by atoms with Crippen LogP contribution in [0.5, 0.6) is 0 Å². The maximum Gasteiger partial charge on any atom is 0.253 e. The number of carbonyl (C=O) groups is 1. The van der Waals surface area contributed by atoms with Gasteiger partial charge in [-0.25, -0.2) is 4.98 Å². The lowest BCUT2D eigenvalue weighted by Gasteiger charge is -2.11. The molecule has 0 fully saturated rings. The van der Waals surface area contributed by atoms with Crippen molar-refractivity contribution in [1.82, 2.24) is 10.3 Å². The van der Waals surface area contributed by atoms with Gasteiger partial charge in [0, 0.05) is 34.7 Å². The Morgan fingerprint density at radius 1 is 1.58 bits per heavy atom. The van der Waals surface area contributed by atoms with Crippen molar-refractivity contribution < 1.29 is 4.79 Å². The van der Waals surface area contributed by atoms with Gasteiger partial charge in [0.1, 0.15) is 0 Å². The van der Waals surface area contributed by atoms with E-state index in [0.29, 0.717) is 22.8 Å². The van der Waals surface area contributed by atoms with Gasteiger partial charge in [-0.2, -0.15) is 0 Å². The maximum absolute atomic E-state index is 12.0. The summed E-state index contributed by atoms with van der Waals surface area (Å²) in [5.74, 6) is -0.0484. The number of nitrogen functional groups attached to an aromatic ring is 1. The molecule has 1 aromatic carbocycles. The average molecular weight is 296 g/mol. The molecule has 0 spiro atoms. The SMILES string of the molecule is CC(CNC(=O)c1cc(Cl)ccc1N)c1nccs1. The van der Waals surface area contributed by atoms with Crippen LogP contribution in [0.1, 0.15) is 28.2 Å². The van der Waals surface area contributed by atoms with Gasteiger partial charge in [-0.1, -0.05) is 18.5 Å². The molecule has 6 heteroatoms. The van der Waals surface area contributed by atoms with Gasteiger partial charge < -0.3 is 11.1 Å². The van der Waals surface area contributed by atoms with Gasteiger partial charge in [0.15, 0.2) is 0 Å². The van der Waals surface area contributed by atoms with Crippen LogP contribution in [0.3, 0.4) is 0 Å². The fraction of sp³-hybridized carbons (Fsp3) is 0.231. The van der Waals surface area contributed by atoms with Gasteiger partial charge in [0.2, 0.25) is 0 Å². The van der Waals surface area contributed by atoms with E-state index in [2.05, 4.69) is 10.3 Å². The normalized spacial score (nSPS) is 12.1. The number of anilines is 1. The highest BCUT2D eigenvalue weighted by Crippen LogP contribution is 2.19. The standard InChI is InChI=1S/C13H14ClN3OS/c1-8(13-16-4-5-19-13)7-17-12(18)10-6-9(14)2-3-11(10)15/h2-6,8H,7,15H2,1H3,(H,17,18). The first-order chi connectivity index (χ1) is 9.08. The molecule has 0 aliphatic carbocycles. The highest BCUT2D eigenvalue weighted by molar-refractivity contribution is 7.09. The van der Waals surface area contributed by atoms with Crippen molar-refractivity contribution in [3.05, 3.63) is 45.4 Å². The number of nitrogens with zero attached hydrogens (tertiary/aromatic N) is 1. The van der Waals surface area contributed by atoms with Gasteiger partial charge in [-0.15, -0.1) is 11.3 Å². The van der Waals surface area contributed by atoms with Crippen molar-refractivity contribution in [2.45, 2.75) is 12.8 Å². The fourth-order valence-electron chi connectivity index (χ4n) is 1.63. The maximum atomic E-state index is 12.0. The minimum Gasteiger partial charge on any atom is -0.398 e. The van der Waals surface area contributed by atoms with Crippen molar-refractivity contribution in [1.29, 1.82) is 0 Å². The summed E-state index contributed by atoms with van der Waals surface area (Å²) >= 11 is 7.44. The van der Waals surface area contributed by atoms with E-state index in [1.54, 1.807) is 35.7 Å². The first-order valence-corrected chi connectivity index (χ1v) is 7.06. The van der Waals surface area contributed by atoms with E-state index in [9.17, 15) is 4.79 Å². The number of aromatic nitrogens is 1. The molecule has 2 aromatic rings. The van der Waals surface area contributed by atoms with E-state index in [-0.39, 0.29) is 11.8 Å². The lowest BCUT2D eigenvalue weighted by Crippen LogP contribution is -2.28. The molecule has 0 radical (unpaired) electrons. The van der Waals surface area contributed by atoms with Crippen molar-refractivity contribution in [3.8, 4) is 0 Å². The first kappa shape index (κ1) is 13.8. The number of thiazole rings is 1. The molecule has 100 valence electrons. The van der Waals surface area contributed by atoms with Crippen LogP contribution < -0.4 is 11.1 Å². The molecular weight excluding hydrogens is 282 g/mol. The van der Waals surface area contributed by atoms with Crippen molar-refractivity contribution in [2.24, 2.45) is 0 Å². The molecule has 1 aromatic heterocycles. The summed E-state index contributed by atoms with van der Waals surface area (Å²) in [5.41, 5.74) is 6.58. The second kappa shape index (κ2) is 6.04. The number of halogens is 1. The summed E-state index contributed by atoms with van der Waals surface area (Å²) in [4.78, 5) is 16.2. The van der Waals surface area contributed by atoms with E-state index < -0.39 is 0 Å². The van der Waals surface area contributed by atoms with E-state index in [0.717, 1.165) is 5.01 Å². The Balaban J connectivity index is 2.00. The predicted molar refractivity (Wildman–Crippen MR) is 78.7 cm³/mol. The minimum absolute atomic E-state index is 0.171. The molecule has 0 aliphatic rings. The second-order valence-corrected chi connectivity index (χ2v) is 5.58. The lowest BCUT2D eigenvalue weighted by molar-refractivity contribution is 0.0952. The molecule has 0 aliphatic heterocycles. The molecule has 1 amide bonds. The quantitative estimate of drug-likeness (QED) is 0.852. The van der Waals surface area contributed by atoms with Crippen LogP contribution in [0.25, 0.3) is 0 Å². The molecule has 0 saturated carbocycles. The average Bonchev–Trinajstić information content (AvgIpc) is 2.92. The lowest BCUT2D eigenvalue weighted by atomic mass is 10.1. The van der Waals surface area contributed by atoms with Crippen LogP contribution in [0.2, 0.25) is 5.02 Å². The summed E-state index contributed by atoms with van der Waals surface area (Å²) in [6.45, 7) is 2.53. The number of hydrogen-bond donors (Lipinski definition) is 2. The summed E-state index contributed by atoms with van der Waals surface area (Å²) in [6.07, 6.45) is 1.76. The Morgan fingerprint density at radius 3 is 3.05 bits per heavy atom. The number of hydrogen-bond acceptors (Lipinski definition) is 4. The predicted octanol–water partition coefficient (Wildman–Crippen LogP) is 2.91. The third kappa shape index (κ3) is 3.45. The summed E-state index contributed by atoms with van der Waals surface area (Å²) in [6, 6.07) is 4.85. The summed E-state index contributed by atoms with van der Waals surface area (Å²) in [7, 11) is 0. The molecule has 1 unspecified atom stereocenters. The Hall–Kier alpha value is -1.59. The zero-order valence-corrected chi connectivity index (χ0v) is 12.0. The largest absolute Gasteiger partial charge is 0.398 e. The fourth-order valence-corrected chi connectivity index (χ4v) is 2.50. The minimum atomic E-state index is -0.219. The van der Waals surface area contributed by atoms with E-state index >= 15 is 0 Å². The molecule has 1 atom stereocenters. The molecule has 2 rings (SSSR count). The summed E-state index contributed by atoms with van der Waals surface area (Å²) in [5, 5.41) is 6.26. The number of nitrogens with two attached hydrogens (primary N) is 1. The van der Waals surface area contributed by atoms with Crippen molar-refractivity contribution >= 4 is 34.5 Å². The number of amides is 1. The number of carbonyl (C=O) groups excluding carboxylic acids is 1. The third-order valence-electron chi connectivity index (χ3n) is 2.70. The van der Waals surface area contributed by atoms with Crippen LogP contribution in [-0.2, 0) is 0 Å². The van der Waals surface area contributed by atoms with Gasteiger partial charge in [-0.05, 0) is 18.2 Å². The van der Waals surface area contributed by atoms with Gasteiger partial charge in [0.05, 0.1) is 10.6 Å². The van der Waals surface area contributed by atoms with Gasteiger partial charge >= 0.3 is 0 Å². The Morgan fingerprint density at radius 2 is 2.37 bits per heavy atom. The third-order valence-corrected chi connectivity index (χ3v) is 3.94. The van der Waals surface area contributed by atoms with Crippen LogP contribution in [-0.4, -0.2) is 17.4 Å². The number of rotatable bonds is 4. The van der Waals surface area contributed by atoms with Gasteiger partial charge in [-0.3, -0.25) is 4.79 Å². The van der Waals surface area contributed by atoms with Crippen molar-refractivity contribution in [3.63, 3.8) is 0 Å². The topological polar surface area (TPSA) is 68.0 Å². The molecule has 4 nitrogen and oxygen atoms in total. The summed E-state index contributed by atoms with van der Waals surface area (Å²) < 4.78 is 0. The van der Waals surface area contributed by atoms with E-state index in [1.165, 1.54) is 0 Å². The monoisotopic (exact) mass is 295 g/mol. The van der Waals surface area contributed by atoms with Crippen LogP contribution in [0.15, 0.2) is 29.8 Å². The zero-order valence-electron chi connectivity index (χ0n) is 10.4. The molecule has 3 N–H and O–H groups in total. The molecular formula is C13H14ClN3OS. The molecule has 19 heavy (non-hydrogen) atoms. The van der Waals surface area contributed by atoms with Crippen LogP contribution >= 0.6 is 22.9 Å². The Labute approximate surface area is 120 Å². The Kier molecular flexibility index (Phi) is 4.39.